The second-order valence-electron chi connectivity index (χ2n) is 12.4. The van der Waals surface area contributed by atoms with Crippen LogP contribution in [0.5, 0.6) is 11.6 Å². The molecule has 17 heteroatoms. The number of aliphatic hydroxyl groups is 2. The fraction of sp³-hybridized carbons (Fsp3) is 0.371. The van der Waals surface area contributed by atoms with E-state index >= 15 is 0 Å². The van der Waals surface area contributed by atoms with E-state index in [1.807, 2.05) is 66.9 Å². The maximum absolute atomic E-state index is 14.8. The molecule has 0 aliphatic carbocycles. The number of methoxy groups -OCH3 is 1. The van der Waals surface area contributed by atoms with Gasteiger partial charge >= 0.3 is 13.7 Å². The van der Waals surface area contributed by atoms with Gasteiger partial charge in [0.05, 0.1) is 13.7 Å². The standard InChI is InChI=1S/C35H41N6O9PS/c1-21-37-28-30(38-34(36)39-31(28)46-3)41(21)33-35(2,44)29(42)27(49-33)20-48-51(45,50-26-16-10-14-23-13-8-9-15-24(23)26)40-25(17-18-52-4)32(43)47-19-22-11-6-5-7-12-22/h5-16,25,27,29,33,42,44H,17-20H2,1-4H3,(H,40,45)(H2,36,38,39). The molecule has 0 bridgehead atoms. The summed E-state index contributed by atoms with van der Waals surface area (Å²) in [5, 5.41) is 27.3. The van der Waals surface area contributed by atoms with Crippen molar-refractivity contribution in [3.05, 3.63) is 84.2 Å². The van der Waals surface area contributed by atoms with Gasteiger partial charge in [-0.3, -0.25) is 13.9 Å². The third-order valence-electron chi connectivity index (χ3n) is 8.69. The van der Waals surface area contributed by atoms with Gasteiger partial charge in [0, 0.05) is 5.39 Å². The van der Waals surface area contributed by atoms with Crippen molar-refractivity contribution in [2.24, 2.45) is 0 Å². The number of benzene rings is 3. The molecule has 5 N–H and O–H groups in total. The number of thioether (sulfide) groups is 1. The van der Waals surface area contributed by atoms with Crippen LogP contribution in [0, 0.1) is 6.92 Å². The molecular weight excluding hydrogens is 711 g/mol. The zero-order valence-corrected chi connectivity index (χ0v) is 30.8. The summed E-state index contributed by atoms with van der Waals surface area (Å²) in [4.78, 5) is 26.3. The SMILES string of the molecule is COc1nc(N)nc2c1nc(C)n2C1OC(COP(=O)(NC(CCSC)C(=O)OCc2ccccc2)Oc2cccc3ccccc23)C(O)C1(C)O. The normalized spacial score (nSPS) is 21.9. The number of carbonyl (C=O) groups excluding carboxylic acids is 1. The van der Waals surface area contributed by atoms with E-state index in [1.165, 1.54) is 30.4 Å². The van der Waals surface area contributed by atoms with Crippen LogP contribution < -0.4 is 20.1 Å². The maximum Gasteiger partial charge on any atom is 0.459 e. The quantitative estimate of drug-likeness (QED) is 0.0857. The molecule has 0 radical (unpaired) electrons. The van der Waals surface area contributed by atoms with Gasteiger partial charge in [-0.05, 0) is 49.3 Å². The maximum atomic E-state index is 14.8. The number of ether oxygens (including phenoxy) is 3. The number of carbonyl (C=O) groups is 1. The number of hydrogen-bond acceptors (Lipinski definition) is 14. The Morgan fingerprint density at radius 1 is 1.12 bits per heavy atom. The summed E-state index contributed by atoms with van der Waals surface area (Å²) in [6.07, 6.45) is -1.91. The number of aliphatic hydroxyl groups excluding tert-OH is 1. The monoisotopic (exact) mass is 752 g/mol. The van der Waals surface area contributed by atoms with Crippen LogP contribution in [-0.2, 0) is 30.0 Å². The van der Waals surface area contributed by atoms with E-state index < -0.39 is 50.4 Å². The van der Waals surface area contributed by atoms with E-state index in [0.29, 0.717) is 17.0 Å². The van der Waals surface area contributed by atoms with Crippen LogP contribution in [-0.4, -0.2) is 85.3 Å². The molecule has 15 nitrogen and oxygen atoms in total. The number of nitrogens with one attached hydrogen (secondary N) is 1. The van der Waals surface area contributed by atoms with Crippen LogP contribution >= 0.6 is 19.5 Å². The molecule has 0 saturated carbocycles. The Morgan fingerprint density at radius 3 is 2.60 bits per heavy atom. The van der Waals surface area contributed by atoms with E-state index in [1.54, 1.807) is 19.1 Å². The minimum Gasteiger partial charge on any atom is -0.479 e. The molecule has 0 spiro atoms. The lowest BCUT2D eigenvalue weighted by Gasteiger charge is -2.28. The van der Waals surface area contributed by atoms with Crippen molar-refractivity contribution in [3.63, 3.8) is 0 Å². The number of aryl methyl sites for hydroxylation is 1. The number of aromatic nitrogens is 4. The summed E-state index contributed by atoms with van der Waals surface area (Å²) in [5.41, 5.74) is 5.27. The van der Waals surface area contributed by atoms with Gasteiger partial charge in [0.15, 0.2) is 17.4 Å². The third kappa shape index (κ3) is 7.88. The number of anilines is 1. The van der Waals surface area contributed by atoms with Crippen molar-refractivity contribution in [2.45, 2.75) is 57.0 Å². The van der Waals surface area contributed by atoms with Crippen LogP contribution in [0.1, 0.15) is 31.0 Å². The molecule has 3 aromatic carbocycles. The molecule has 1 fully saturated rings. The Morgan fingerprint density at radius 2 is 1.85 bits per heavy atom. The van der Waals surface area contributed by atoms with Crippen LogP contribution in [0.2, 0.25) is 0 Å². The number of nitrogens with zero attached hydrogens (tertiary/aromatic N) is 4. The summed E-state index contributed by atoms with van der Waals surface area (Å²) >= 11 is 1.50. The second kappa shape index (κ2) is 15.8. The zero-order valence-electron chi connectivity index (χ0n) is 29.0. The fourth-order valence-electron chi connectivity index (χ4n) is 6.01. The van der Waals surface area contributed by atoms with Crippen molar-refractivity contribution in [1.29, 1.82) is 0 Å². The van der Waals surface area contributed by atoms with Crippen LogP contribution in [0.15, 0.2) is 72.8 Å². The Bertz CT molecular complexity index is 2080. The van der Waals surface area contributed by atoms with Gasteiger partial charge < -0.3 is 34.7 Å². The topological polar surface area (TPSA) is 202 Å². The van der Waals surface area contributed by atoms with Crippen molar-refractivity contribution in [1.82, 2.24) is 24.6 Å². The number of imidazole rings is 1. The van der Waals surface area contributed by atoms with Crippen molar-refractivity contribution in [3.8, 4) is 11.6 Å². The lowest BCUT2D eigenvalue weighted by Crippen LogP contribution is -2.45. The number of hydrogen-bond donors (Lipinski definition) is 4. The number of nitrogens with two attached hydrogens (primary N) is 1. The molecule has 1 aliphatic rings. The molecule has 2 aromatic heterocycles. The second-order valence-corrected chi connectivity index (χ2v) is 15.1. The molecule has 52 heavy (non-hydrogen) atoms. The predicted molar refractivity (Wildman–Crippen MR) is 196 cm³/mol. The van der Waals surface area contributed by atoms with Crippen LogP contribution in [0.3, 0.4) is 0 Å². The van der Waals surface area contributed by atoms with E-state index in [-0.39, 0.29) is 41.8 Å². The lowest BCUT2D eigenvalue weighted by atomic mass is 9.96. The van der Waals surface area contributed by atoms with Gasteiger partial charge in [-0.15, -0.1) is 0 Å². The summed E-state index contributed by atoms with van der Waals surface area (Å²) in [6.45, 7) is 2.54. The van der Waals surface area contributed by atoms with Gasteiger partial charge in [0.2, 0.25) is 11.8 Å². The highest BCUT2D eigenvalue weighted by atomic mass is 32.2. The van der Waals surface area contributed by atoms with E-state index in [4.69, 9.17) is 29.0 Å². The van der Waals surface area contributed by atoms with E-state index in [0.717, 1.165) is 10.9 Å². The van der Waals surface area contributed by atoms with E-state index in [9.17, 15) is 19.6 Å². The molecule has 6 rings (SSSR count). The first-order chi connectivity index (χ1) is 24.9. The first-order valence-electron chi connectivity index (χ1n) is 16.4. The molecule has 3 heterocycles. The van der Waals surface area contributed by atoms with Crippen molar-refractivity contribution < 1.29 is 42.8 Å². The molecule has 6 unspecified atom stereocenters. The average Bonchev–Trinajstić information content (AvgIpc) is 3.58. The molecular formula is C35H41N6O9PS. The van der Waals surface area contributed by atoms with Gasteiger partial charge in [-0.2, -0.15) is 26.8 Å². The Balaban J connectivity index is 1.29. The number of fused-ring (bicyclic) bond motifs is 2. The summed E-state index contributed by atoms with van der Waals surface area (Å²) < 4.78 is 45.6. The third-order valence-corrected chi connectivity index (χ3v) is 10.9. The Labute approximate surface area is 304 Å². The smallest absolute Gasteiger partial charge is 0.459 e. The van der Waals surface area contributed by atoms with E-state index in [2.05, 4.69) is 20.0 Å². The summed E-state index contributed by atoms with van der Waals surface area (Å²) in [6, 6.07) is 20.7. The van der Waals surface area contributed by atoms with Crippen LogP contribution in [0.4, 0.5) is 5.95 Å². The highest BCUT2D eigenvalue weighted by Gasteiger charge is 2.54. The number of nitrogen functional groups attached to an aromatic ring is 1. The van der Waals surface area contributed by atoms with Gasteiger partial charge in [0.1, 0.15) is 42.0 Å². The summed E-state index contributed by atoms with van der Waals surface area (Å²) in [7, 11) is -3.05. The molecule has 276 valence electrons. The molecule has 1 aliphatic heterocycles. The van der Waals surface area contributed by atoms with Gasteiger partial charge in [0.25, 0.3) is 0 Å². The minimum absolute atomic E-state index is 0.00975. The number of esters is 1. The highest BCUT2D eigenvalue weighted by molar-refractivity contribution is 7.98. The minimum atomic E-state index is -4.46. The first kappa shape index (κ1) is 37.5. The van der Waals surface area contributed by atoms with Gasteiger partial charge in [-0.25, -0.2) is 9.55 Å². The van der Waals surface area contributed by atoms with Crippen molar-refractivity contribution >= 4 is 53.4 Å². The Kier molecular flexibility index (Phi) is 11.4. The van der Waals surface area contributed by atoms with Gasteiger partial charge in [-0.1, -0.05) is 66.7 Å². The number of rotatable bonds is 15. The molecule has 1 saturated heterocycles. The highest BCUT2D eigenvalue weighted by Crippen LogP contribution is 2.49. The molecule has 0 amide bonds. The lowest BCUT2D eigenvalue weighted by molar-refractivity contribution is -0.147. The largest absolute Gasteiger partial charge is 0.479 e. The first-order valence-corrected chi connectivity index (χ1v) is 19.4. The fourth-order valence-corrected chi connectivity index (χ4v) is 8.04. The predicted octanol–water partition coefficient (Wildman–Crippen LogP) is 4.55. The van der Waals surface area contributed by atoms with Crippen molar-refractivity contribution in [2.75, 3.05) is 31.5 Å². The summed E-state index contributed by atoms with van der Waals surface area (Å²) in [5.74, 6) is 0.503. The zero-order chi connectivity index (χ0) is 37.0. The molecule has 6 atom stereocenters. The average molecular weight is 753 g/mol. The molecule has 5 aromatic rings. The Hall–Kier alpha value is -4.28. The van der Waals surface area contributed by atoms with Crippen LogP contribution in [0.25, 0.3) is 21.9 Å².